The number of allylic oxidation sites excluding steroid dienone is 1. The zero-order valence-electron chi connectivity index (χ0n) is 20.8. The van der Waals surface area contributed by atoms with Gasteiger partial charge >= 0.3 is 5.97 Å². The smallest absolute Gasteiger partial charge is 0.313 e. The number of likely N-dealkylation sites (tertiary alicyclic amines) is 1. The van der Waals surface area contributed by atoms with Gasteiger partial charge in [-0.25, -0.2) is 0 Å². The van der Waals surface area contributed by atoms with Gasteiger partial charge in [0.1, 0.15) is 23.2 Å². The van der Waals surface area contributed by atoms with Crippen molar-refractivity contribution in [2.24, 2.45) is 11.8 Å². The Hall–Kier alpha value is -2.19. The third-order valence-electron chi connectivity index (χ3n) is 7.75. The number of hydrogen-bond acceptors (Lipinski definition) is 6. The van der Waals surface area contributed by atoms with E-state index in [0.29, 0.717) is 26.0 Å². The van der Waals surface area contributed by atoms with E-state index in [0.717, 1.165) is 19.3 Å². The van der Waals surface area contributed by atoms with E-state index < -0.39 is 40.6 Å². The Morgan fingerprint density at radius 3 is 2.53 bits per heavy atom. The highest BCUT2D eigenvalue weighted by Gasteiger charge is 2.75. The first-order chi connectivity index (χ1) is 16.1. The van der Waals surface area contributed by atoms with Crippen LogP contribution in [-0.4, -0.2) is 81.8 Å². The number of aliphatic hydroxyl groups is 1. The summed E-state index contributed by atoms with van der Waals surface area (Å²) in [5.41, 5.74) is -2.77. The highest BCUT2D eigenvalue weighted by atomic mass is 16.6. The van der Waals surface area contributed by atoms with E-state index >= 15 is 0 Å². The minimum atomic E-state index is -1.28. The number of hydrogen-bond donors (Lipinski definition) is 1. The molecular weight excluding hydrogens is 436 g/mol. The quantitative estimate of drug-likeness (QED) is 0.496. The number of ether oxygens (including phenoxy) is 2. The number of cyclic esters (lactones) is 1. The Kier molecular flexibility index (Phi) is 6.68. The van der Waals surface area contributed by atoms with Crippen molar-refractivity contribution < 1.29 is 29.0 Å². The van der Waals surface area contributed by atoms with Crippen molar-refractivity contribution in [2.75, 3.05) is 26.3 Å². The van der Waals surface area contributed by atoms with Crippen molar-refractivity contribution in [3.8, 4) is 0 Å². The van der Waals surface area contributed by atoms with Gasteiger partial charge in [0.05, 0.1) is 12.5 Å². The standard InChI is InChI=1S/C26H38N2O6/c1-5-25-12-8-6-7-9-17-33-23(32)19(25)18-21(30)27(14-11-16-29)20-22(31)28(24(2,3)4)15-10-13-26(18,20)34-25/h8,10,12-13,18-20,29H,5-7,9,11,14-17H2,1-4H3/b12-8-/t18-,19-,20?,25+,26-/m0/s1. The van der Waals surface area contributed by atoms with Gasteiger partial charge < -0.3 is 24.4 Å². The summed E-state index contributed by atoms with van der Waals surface area (Å²) in [6.45, 7) is 8.66. The minimum Gasteiger partial charge on any atom is -0.465 e. The largest absolute Gasteiger partial charge is 0.465 e. The molecule has 2 amide bonds. The number of carbonyl (C=O) groups is 3. The molecule has 34 heavy (non-hydrogen) atoms. The van der Waals surface area contributed by atoms with E-state index in [1.54, 1.807) is 4.90 Å². The second-order valence-electron chi connectivity index (χ2n) is 10.8. The van der Waals surface area contributed by atoms with Crippen LogP contribution in [0.5, 0.6) is 0 Å². The molecule has 0 radical (unpaired) electrons. The highest BCUT2D eigenvalue weighted by molar-refractivity contribution is 5.99. The van der Waals surface area contributed by atoms with Crippen LogP contribution in [0.15, 0.2) is 24.3 Å². The summed E-state index contributed by atoms with van der Waals surface area (Å²) in [5.74, 6) is -2.63. The van der Waals surface area contributed by atoms with Gasteiger partial charge in [-0.3, -0.25) is 14.4 Å². The maximum Gasteiger partial charge on any atom is 0.313 e. The van der Waals surface area contributed by atoms with E-state index in [-0.39, 0.29) is 25.0 Å². The predicted molar refractivity (Wildman–Crippen MR) is 126 cm³/mol. The Balaban J connectivity index is 1.89. The molecule has 1 spiro atoms. The lowest BCUT2D eigenvalue weighted by molar-refractivity contribution is -0.162. The van der Waals surface area contributed by atoms with Crippen molar-refractivity contribution in [1.82, 2.24) is 9.80 Å². The molecule has 0 bridgehead atoms. The fourth-order valence-corrected chi connectivity index (χ4v) is 6.12. The van der Waals surface area contributed by atoms with Crippen molar-refractivity contribution in [3.05, 3.63) is 24.3 Å². The molecule has 2 saturated heterocycles. The second kappa shape index (κ2) is 9.11. The number of nitrogens with zero attached hydrogens (tertiary/aromatic N) is 2. The van der Waals surface area contributed by atoms with Gasteiger partial charge in [-0.2, -0.15) is 0 Å². The molecule has 0 saturated carbocycles. The maximum absolute atomic E-state index is 14.1. The van der Waals surface area contributed by atoms with E-state index in [2.05, 4.69) is 0 Å². The third-order valence-corrected chi connectivity index (χ3v) is 7.75. The average Bonchev–Trinajstić information content (AvgIpc) is 3.13. The summed E-state index contributed by atoms with van der Waals surface area (Å²) < 4.78 is 12.5. The van der Waals surface area contributed by atoms with Gasteiger partial charge in [-0.1, -0.05) is 31.2 Å². The molecule has 4 rings (SSSR count). The molecule has 0 aliphatic carbocycles. The van der Waals surface area contributed by atoms with Crippen molar-refractivity contribution in [2.45, 2.75) is 82.6 Å². The molecular formula is C26H38N2O6. The number of carbonyl (C=O) groups excluding carboxylic acids is 3. The van der Waals surface area contributed by atoms with E-state index in [1.165, 1.54) is 4.90 Å². The van der Waals surface area contributed by atoms with Gasteiger partial charge in [0.2, 0.25) is 11.8 Å². The SMILES string of the molecule is CC[C@@]12/C=C\CCCCOC(=O)[C@@H]1[C@H]1C(=O)N(CCCO)C3C(=O)N(C(C)(C)C)CC=C[C@@]31O2. The summed E-state index contributed by atoms with van der Waals surface area (Å²) in [6.07, 6.45) is 11.0. The van der Waals surface area contributed by atoms with Crippen molar-refractivity contribution in [1.29, 1.82) is 0 Å². The lowest BCUT2D eigenvalue weighted by atomic mass is 9.73. The molecule has 4 heterocycles. The van der Waals surface area contributed by atoms with Gasteiger partial charge in [-0.15, -0.1) is 0 Å². The van der Waals surface area contributed by atoms with Gasteiger partial charge in [-0.05, 0) is 52.9 Å². The summed E-state index contributed by atoms with van der Waals surface area (Å²) in [6, 6.07) is -0.906. The molecule has 1 unspecified atom stereocenters. The average molecular weight is 475 g/mol. The van der Waals surface area contributed by atoms with Crippen LogP contribution in [0.4, 0.5) is 0 Å². The number of rotatable bonds is 4. The molecule has 1 N–H and O–H groups in total. The van der Waals surface area contributed by atoms with Crippen molar-refractivity contribution in [3.63, 3.8) is 0 Å². The molecule has 8 nitrogen and oxygen atoms in total. The fraction of sp³-hybridized carbons (Fsp3) is 0.731. The van der Waals surface area contributed by atoms with Crippen LogP contribution >= 0.6 is 0 Å². The number of esters is 1. The van der Waals surface area contributed by atoms with Crippen LogP contribution in [0.3, 0.4) is 0 Å². The maximum atomic E-state index is 14.1. The summed E-state index contributed by atoms with van der Waals surface area (Å²) in [5, 5.41) is 9.49. The van der Waals surface area contributed by atoms with Gasteiger partial charge in [0, 0.05) is 25.2 Å². The van der Waals surface area contributed by atoms with Crippen LogP contribution in [-0.2, 0) is 23.9 Å². The zero-order valence-corrected chi connectivity index (χ0v) is 20.8. The van der Waals surface area contributed by atoms with Crippen LogP contribution in [0.25, 0.3) is 0 Å². The van der Waals surface area contributed by atoms with Gasteiger partial charge in [0.15, 0.2) is 0 Å². The third kappa shape index (κ3) is 3.79. The summed E-state index contributed by atoms with van der Waals surface area (Å²) >= 11 is 0. The Labute approximate surface area is 201 Å². The predicted octanol–water partition coefficient (Wildman–Crippen LogP) is 2.21. The van der Waals surface area contributed by atoms with Crippen molar-refractivity contribution >= 4 is 17.8 Å². The first-order valence-corrected chi connectivity index (χ1v) is 12.6. The second-order valence-corrected chi connectivity index (χ2v) is 10.8. The molecule has 4 aliphatic rings. The molecule has 5 atom stereocenters. The normalized spacial score (nSPS) is 37.1. The molecule has 2 fully saturated rings. The Bertz CT molecular complexity index is 892. The highest BCUT2D eigenvalue weighted by Crippen LogP contribution is 2.58. The van der Waals surface area contributed by atoms with E-state index in [9.17, 15) is 19.5 Å². The van der Waals surface area contributed by atoms with Crippen LogP contribution in [0, 0.1) is 11.8 Å². The molecule has 0 aromatic carbocycles. The number of amides is 2. The summed E-state index contributed by atoms with van der Waals surface area (Å²) in [4.78, 5) is 44.9. The van der Waals surface area contributed by atoms with Crippen LogP contribution < -0.4 is 0 Å². The molecule has 188 valence electrons. The Morgan fingerprint density at radius 2 is 1.85 bits per heavy atom. The van der Waals surface area contributed by atoms with Crippen LogP contribution in [0.2, 0.25) is 0 Å². The molecule has 0 aromatic heterocycles. The summed E-state index contributed by atoms with van der Waals surface area (Å²) in [7, 11) is 0. The number of aliphatic hydroxyl groups excluding tert-OH is 1. The minimum absolute atomic E-state index is 0.102. The zero-order chi connectivity index (χ0) is 24.7. The monoisotopic (exact) mass is 474 g/mol. The van der Waals surface area contributed by atoms with Crippen LogP contribution in [0.1, 0.15) is 59.8 Å². The lowest BCUT2D eigenvalue weighted by Crippen LogP contribution is -2.59. The molecule has 4 aliphatic heterocycles. The Morgan fingerprint density at radius 1 is 1.09 bits per heavy atom. The van der Waals surface area contributed by atoms with E-state index in [4.69, 9.17) is 9.47 Å². The van der Waals surface area contributed by atoms with E-state index in [1.807, 2.05) is 52.0 Å². The first kappa shape index (κ1) is 24.9. The number of fused-ring (bicyclic) bond motifs is 2. The molecule has 8 heteroatoms. The fourth-order valence-electron chi connectivity index (χ4n) is 6.12. The lowest BCUT2D eigenvalue weighted by Gasteiger charge is -2.41. The molecule has 0 aromatic rings. The topological polar surface area (TPSA) is 96.4 Å². The first-order valence-electron chi connectivity index (χ1n) is 12.6. The van der Waals surface area contributed by atoms with Gasteiger partial charge in [0.25, 0.3) is 0 Å².